The van der Waals surface area contributed by atoms with E-state index in [0.717, 1.165) is 5.56 Å². The van der Waals surface area contributed by atoms with Crippen LogP contribution in [0.25, 0.3) is 0 Å². The molecular formula is C9H12O2. The predicted molar refractivity (Wildman–Crippen MR) is 43.1 cm³/mol. The molecule has 0 bridgehead atoms. The smallest absolute Gasteiger partial charge is 0.110 e. The summed E-state index contributed by atoms with van der Waals surface area (Å²) in [6.07, 6.45) is 0. The molecule has 0 fully saturated rings. The summed E-state index contributed by atoms with van der Waals surface area (Å²) < 4.78 is 0. The van der Waals surface area contributed by atoms with Crippen molar-refractivity contribution in [1.29, 1.82) is 0 Å². The molecule has 2 N–H and O–H groups in total. The van der Waals surface area contributed by atoms with Gasteiger partial charge in [-0.15, -0.1) is 0 Å². The standard InChI is InChI=1S/C9H12O2/c1-9(11,7-10)8-5-3-2-4-6-8/h2-6,10-11H,7H2,1H3. The van der Waals surface area contributed by atoms with Crippen molar-refractivity contribution in [3.8, 4) is 0 Å². The summed E-state index contributed by atoms with van der Waals surface area (Å²) >= 11 is 0. The number of hydrogen-bond acceptors (Lipinski definition) is 2. The largest absolute Gasteiger partial charge is 0.393 e. The molecule has 1 unspecified atom stereocenters. The summed E-state index contributed by atoms with van der Waals surface area (Å²) in [6.45, 7) is 1.33. The van der Waals surface area contributed by atoms with E-state index in [1.807, 2.05) is 18.2 Å². The Labute approximate surface area is 66.1 Å². The topological polar surface area (TPSA) is 40.5 Å². The first kappa shape index (κ1) is 8.24. The van der Waals surface area contributed by atoms with Crippen molar-refractivity contribution in [2.75, 3.05) is 6.61 Å². The fourth-order valence-electron chi connectivity index (χ4n) is 0.888. The maximum absolute atomic E-state index is 9.54. The molecule has 0 aliphatic rings. The van der Waals surface area contributed by atoms with Crippen molar-refractivity contribution < 1.29 is 10.2 Å². The van der Waals surface area contributed by atoms with Crippen LogP contribution in [-0.2, 0) is 5.60 Å². The quantitative estimate of drug-likeness (QED) is 0.660. The molecule has 0 radical (unpaired) electrons. The van der Waals surface area contributed by atoms with E-state index in [-0.39, 0.29) is 6.61 Å². The lowest BCUT2D eigenvalue weighted by atomic mass is 9.97. The number of rotatable bonds is 2. The maximum atomic E-state index is 9.54. The van der Waals surface area contributed by atoms with Crippen LogP contribution < -0.4 is 0 Å². The average Bonchev–Trinajstić information content (AvgIpc) is 2.06. The third kappa shape index (κ3) is 1.79. The van der Waals surface area contributed by atoms with Gasteiger partial charge >= 0.3 is 0 Å². The number of hydrogen-bond donors (Lipinski definition) is 2. The lowest BCUT2D eigenvalue weighted by Crippen LogP contribution is -2.25. The second-order valence-corrected chi connectivity index (χ2v) is 2.80. The second-order valence-electron chi connectivity index (χ2n) is 2.80. The Morgan fingerprint density at radius 1 is 1.27 bits per heavy atom. The molecule has 0 aliphatic heterocycles. The van der Waals surface area contributed by atoms with Crippen LogP contribution in [-0.4, -0.2) is 16.8 Å². The zero-order chi connectivity index (χ0) is 8.32. The van der Waals surface area contributed by atoms with Gasteiger partial charge in [-0.2, -0.15) is 0 Å². The zero-order valence-corrected chi connectivity index (χ0v) is 6.49. The molecule has 0 aromatic heterocycles. The Balaban J connectivity index is 2.93. The highest BCUT2D eigenvalue weighted by molar-refractivity contribution is 5.21. The van der Waals surface area contributed by atoms with Crippen LogP contribution in [0.2, 0.25) is 0 Å². The Bertz CT molecular complexity index is 216. The minimum Gasteiger partial charge on any atom is -0.393 e. The highest BCUT2D eigenvalue weighted by Crippen LogP contribution is 2.18. The van der Waals surface area contributed by atoms with Gasteiger partial charge in [-0.25, -0.2) is 0 Å². The van der Waals surface area contributed by atoms with E-state index >= 15 is 0 Å². The van der Waals surface area contributed by atoms with Crippen molar-refractivity contribution in [2.24, 2.45) is 0 Å². The van der Waals surface area contributed by atoms with E-state index in [1.54, 1.807) is 19.1 Å². The number of benzene rings is 1. The third-order valence-corrected chi connectivity index (χ3v) is 1.70. The van der Waals surface area contributed by atoms with Gasteiger partial charge in [0.2, 0.25) is 0 Å². The Kier molecular flexibility index (Phi) is 2.27. The SMILES string of the molecule is CC(O)(CO)c1ccccc1. The summed E-state index contributed by atoms with van der Waals surface area (Å²) in [5.41, 5.74) is -0.371. The highest BCUT2D eigenvalue weighted by atomic mass is 16.3. The van der Waals surface area contributed by atoms with Crippen molar-refractivity contribution >= 4 is 0 Å². The second kappa shape index (κ2) is 3.03. The molecule has 60 valence electrons. The average molecular weight is 152 g/mol. The minimum absolute atomic E-state index is 0.253. The van der Waals surface area contributed by atoms with Crippen molar-refractivity contribution in [2.45, 2.75) is 12.5 Å². The van der Waals surface area contributed by atoms with Gasteiger partial charge in [0.25, 0.3) is 0 Å². The highest BCUT2D eigenvalue weighted by Gasteiger charge is 2.20. The summed E-state index contributed by atoms with van der Waals surface area (Å²) in [6, 6.07) is 9.11. The van der Waals surface area contributed by atoms with Gasteiger partial charge in [-0.1, -0.05) is 30.3 Å². The van der Waals surface area contributed by atoms with E-state index < -0.39 is 5.60 Å². The zero-order valence-electron chi connectivity index (χ0n) is 6.49. The fourth-order valence-corrected chi connectivity index (χ4v) is 0.888. The molecule has 1 atom stereocenters. The van der Waals surface area contributed by atoms with E-state index in [4.69, 9.17) is 5.11 Å². The number of aliphatic hydroxyl groups excluding tert-OH is 1. The van der Waals surface area contributed by atoms with Crippen molar-refractivity contribution in [3.05, 3.63) is 35.9 Å². The van der Waals surface area contributed by atoms with Crippen molar-refractivity contribution in [3.63, 3.8) is 0 Å². The molecule has 0 heterocycles. The van der Waals surface area contributed by atoms with Gasteiger partial charge < -0.3 is 10.2 Å². The van der Waals surface area contributed by atoms with Crippen LogP contribution >= 0.6 is 0 Å². The van der Waals surface area contributed by atoms with Crippen LogP contribution in [0.1, 0.15) is 12.5 Å². The van der Waals surface area contributed by atoms with Crippen LogP contribution in [0.15, 0.2) is 30.3 Å². The molecule has 2 nitrogen and oxygen atoms in total. The van der Waals surface area contributed by atoms with Crippen LogP contribution in [0.3, 0.4) is 0 Å². The van der Waals surface area contributed by atoms with Gasteiger partial charge in [0.15, 0.2) is 0 Å². The summed E-state index contributed by atoms with van der Waals surface area (Å²) in [7, 11) is 0. The monoisotopic (exact) mass is 152 g/mol. The molecule has 1 aromatic rings. The lowest BCUT2D eigenvalue weighted by Gasteiger charge is -2.20. The van der Waals surface area contributed by atoms with Gasteiger partial charge in [0, 0.05) is 0 Å². The molecular weight excluding hydrogens is 140 g/mol. The first-order valence-corrected chi connectivity index (χ1v) is 3.55. The Hall–Kier alpha value is -0.860. The van der Waals surface area contributed by atoms with Crippen LogP contribution in [0, 0.1) is 0 Å². The van der Waals surface area contributed by atoms with Gasteiger partial charge in [-0.05, 0) is 12.5 Å². The van der Waals surface area contributed by atoms with Gasteiger partial charge in [-0.3, -0.25) is 0 Å². The molecule has 0 amide bonds. The molecule has 0 spiro atoms. The number of aliphatic hydroxyl groups is 2. The van der Waals surface area contributed by atoms with Crippen LogP contribution in [0.4, 0.5) is 0 Å². The predicted octanol–water partition coefficient (Wildman–Crippen LogP) is 0.886. The third-order valence-electron chi connectivity index (χ3n) is 1.70. The summed E-state index contributed by atoms with van der Waals surface area (Å²) in [4.78, 5) is 0. The lowest BCUT2D eigenvalue weighted by molar-refractivity contribution is -0.00228. The van der Waals surface area contributed by atoms with Gasteiger partial charge in [0.05, 0.1) is 6.61 Å². The molecule has 0 saturated heterocycles. The van der Waals surface area contributed by atoms with Crippen molar-refractivity contribution in [1.82, 2.24) is 0 Å². The Morgan fingerprint density at radius 3 is 2.27 bits per heavy atom. The van der Waals surface area contributed by atoms with E-state index in [1.165, 1.54) is 0 Å². The molecule has 1 rings (SSSR count). The van der Waals surface area contributed by atoms with E-state index in [2.05, 4.69) is 0 Å². The van der Waals surface area contributed by atoms with Crippen LogP contribution in [0.5, 0.6) is 0 Å². The van der Waals surface area contributed by atoms with Gasteiger partial charge in [0.1, 0.15) is 5.60 Å². The Morgan fingerprint density at radius 2 is 1.82 bits per heavy atom. The molecule has 2 heteroatoms. The first-order chi connectivity index (χ1) is 5.17. The summed E-state index contributed by atoms with van der Waals surface area (Å²) in [5.74, 6) is 0. The summed E-state index contributed by atoms with van der Waals surface area (Å²) in [5, 5.41) is 18.3. The molecule has 1 aromatic carbocycles. The molecule has 11 heavy (non-hydrogen) atoms. The molecule has 0 aliphatic carbocycles. The van der Waals surface area contributed by atoms with E-state index in [0.29, 0.717) is 0 Å². The van der Waals surface area contributed by atoms with E-state index in [9.17, 15) is 5.11 Å². The molecule has 0 saturated carbocycles. The first-order valence-electron chi connectivity index (χ1n) is 3.55. The maximum Gasteiger partial charge on any atom is 0.110 e. The minimum atomic E-state index is -1.11. The fraction of sp³-hybridized carbons (Fsp3) is 0.333. The normalized spacial score (nSPS) is 15.9.